The molecule has 0 aromatic heterocycles. The van der Waals surface area contributed by atoms with Gasteiger partial charge in [-0.3, -0.25) is 0 Å². The molecule has 1 aromatic carbocycles. The summed E-state index contributed by atoms with van der Waals surface area (Å²) in [7, 11) is 0. The first-order valence-electron chi connectivity index (χ1n) is 7.62. The van der Waals surface area contributed by atoms with Crippen LogP contribution in [0.1, 0.15) is 51.7 Å². The summed E-state index contributed by atoms with van der Waals surface area (Å²) in [6.45, 7) is 6.61. The van der Waals surface area contributed by atoms with Gasteiger partial charge in [-0.1, -0.05) is 43.6 Å². The fraction of sp³-hybridized carbons (Fsp3) is 0.647. The molecule has 0 amide bonds. The molecule has 0 bridgehead atoms. The van der Waals surface area contributed by atoms with Crippen molar-refractivity contribution in [2.24, 2.45) is 17.6 Å². The molecule has 1 saturated carbocycles. The zero-order valence-electron chi connectivity index (χ0n) is 12.7. The first-order chi connectivity index (χ1) is 9.47. The maximum Gasteiger partial charge on any atom is 0.0991 e. The van der Waals surface area contributed by atoms with Gasteiger partial charge in [0.1, 0.15) is 0 Å². The van der Waals surface area contributed by atoms with Gasteiger partial charge >= 0.3 is 0 Å². The van der Waals surface area contributed by atoms with Gasteiger partial charge < -0.3 is 10.5 Å². The summed E-state index contributed by atoms with van der Waals surface area (Å²) >= 11 is 6.30. The van der Waals surface area contributed by atoms with E-state index >= 15 is 0 Å². The molecule has 3 heteroatoms. The van der Waals surface area contributed by atoms with E-state index in [1.54, 1.807) is 0 Å². The Morgan fingerprint density at radius 1 is 1.15 bits per heavy atom. The lowest BCUT2D eigenvalue weighted by Gasteiger charge is -2.35. The Balaban J connectivity index is 2.12. The molecular formula is C17H26ClNO. The minimum absolute atomic E-state index is 0.0672. The Morgan fingerprint density at radius 3 is 2.30 bits per heavy atom. The second kappa shape index (κ2) is 6.93. The Morgan fingerprint density at radius 2 is 1.75 bits per heavy atom. The van der Waals surface area contributed by atoms with Crippen molar-refractivity contribution in [3.63, 3.8) is 0 Å². The van der Waals surface area contributed by atoms with E-state index < -0.39 is 0 Å². The van der Waals surface area contributed by atoms with E-state index in [9.17, 15) is 0 Å². The highest BCUT2D eigenvalue weighted by Crippen LogP contribution is 2.35. The van der Waals surface area contributed by atoms with Crippen molar-refractivity contribution in [2.45, 2.75) is 58.3 Å². The van der Waals surface area contributed by atoms with Gasteiger partial charge in [-0.05, 0) is 44.1 Å². The predicted octanol–water partition coefficient (Wildman–Crippen LogP) is 4.57. The molecule has 2 rings (SSSR count). The number of nitrogens with two attached hydrogens (primary N) is 1. The van der Waals surface area contributed by atoms with Crippen LogP contribution in [0.3, 0.4) is 0 Å². The van der Waals surface area contributed by atoms with Crippen LogP contribution in [-0.4, -0.2) is 12.1 Å². The van der Waals surface area contributed by atoms with E-state index in [1.807, 2.05) is 31.2 Å². The average Bonchev–Trinajstić information content (AvgIpc) is 2.35. The smallest absolute Gasteiger partial charge is 0.0991 e. The van der Waals surface area contributed by atoms with Crippen LogP contribution in [0.15, 0.2) is 24.3 Å². The maximum absolute atomic E-state index is 6.35. The zero-order valence-corrected chi connectivity index (χ0v) is 13.4. The molecule has 0 spiro atoms. The van der Waals surface area contributed by atoms with Crippen LogP contribution in [0, 0.1) is 11.8 Å². The number of benzene rings is 1. The molecular weight excluding hydrogens is 270 g/mol. The molecule has 2 N–H and O–H groups in total. The molecule has 1 aromatic rings. The SMILES string of the molecule is CC1CC(C)CC(OC(c2ccccc2Cl)C(C)N)C1. The van der Waals surface area contributed by atoms with Crippen LogP contribution >= 0.6 is 11.6 Å². The molecule has 20 heavy (non-hydrogen) atoms. The molecule has 112 valence electrons. The molecule has 1 aliphatic rings. The first-order valence-corrected chi connectivity index (χ1v) is 8.00. The van der Waals surface area contributed by atoms with Gasteiger partial charge in [0.25, 0.3) is 0 Å². The molecule has 1 aliphatic carbocycles. The Labute approximate surface area is 127 Å². The van der Waals surface area contributed by atoms with Gasteiger partial charge in [-0.2, -0.15) is 0 Å². The zero-order chi connectivity index (χ0) is 14.7. The van der Waals surface area contributed by atoms with Gasteiger partial charge in [0, 0.05) is 16.6 Å². The molecule has 2 nitrogen and oxygen atoms in total. The third-order valence-electron chi connectivity index (χ3n) is 4.16. The fourth-order valence-electron chi connectivity index (χ4n) is 3.38. The molecule has 4 unspecified atom stereocenters. The van der Waals surface area contributed by atoms with Crippen LogP contribution in [-0.2, 0) is 4.74 Å². The van der Waals surface area contributed by atoms with E-state index in [4.69, 9.17) is 22.1 Å². The highest BCUT2D eigenvalue weighted by molar-refractivity contribution is 6.31. The highest BCUT2D eigenvalue weighted by atomic mass is 35.5. The summed E-state index contributed by atoms with van der Waals surface area (Å²) in [6.07, 6.45) is 3.72. The van der Waals surface area contributed by atoms with E-state index in [1.165, 1.54) is 6.42 Å². The lowest BCUT2D eigenvalue weighted by molar-refractivity contribution is -0.0584. The molecule has 0 heterocycles. The second-order valence-electron chi connectivity index (χ2n) is 6.48. The Kier molecular flexibility index (Phi) is 5.48. The lowest BCUT2D eigenvalue weighted by Crippen LogP contribution is -2.34. The van der Waals surface area contributed by atoms with Crippen LogP contribution in [0.25, 0.3) is 0 Å². The van der Waals surface area contributed by atoms with Crippen molar-refractivity contribution in [3.8, 4) is 0 Å². The van der Waals surface area contributed by atoms with Crippen LogP contribution in [0.5, 0.6) is 0 Å². The fourth-order valence-corrected chi connectivity index (χ4v) is 3.62. The van der Waals surface area contributed by atoms with E-state index in [0.29, 0.717) is 6.10 Å². The molecule has 4 atom stereocenters. The minimum atomic E-state index is -0.119. The van der Waals surface area contributed by atoms with Crippen molar-refractivity contribution in [1.29, 1.82) is 0 Å². The number of ether oxygens (including phenoxy) is 1. The van der Waals surface area contributed by atoms with E-state index in [2.05, 4.69) is 13.8 Å². The molecule has 1 fully saturated rings. The van der Waals surface area contributed by atoms with Gasteiger partial charge in [-0.15, -0.1) is 0 Å². The predicted molar refractivity (Wildman–Crippen MR) is 84.9 cm³/mol. The van der Waals surface area contributed by atoms with Crippen molar-refractivity contribution in [1.82, 2.24) is 0 Å². The summed E-state index contributed by atoms with van der Waals surface area (Å²) in [5, 5.41) is 0.742. The Hall–Kier alpha value is -0.570. The normalized spacial score (nSPS) is 29.9. The van der Waals surface area contributed by atoms with Gasteiger partial charge in [0.15, 0.2) is 0 Å². The van der Waals surface area contributed by atoms with Gasteiger partial charge in [0.2, 0.25) is 0 Å². The summed E-state index contributed by atoms with van der Waals surface area (Å²) in [4.78, 5) is 0. The second-order valence-corrected chi connectivity index (χ2v) is 6.88. The summed E-state index contributed by atoms with van der Waals surface area (Å²) in [6, 6.07) is 7.79. The largest absolute Gasteiger partial charge is 0.369 e. The lowest BCUT2D eigenvalue weighted by atomic mass is 9.81. The molecule has 0 saturated heterocycles. The Bertz CT molecular complexity index is 425. The molecule has 0 aliphatic heterocycles. The number of hydrogen-bond acceptors (Lipinski definition) is 2. The van der Waals surface area contributed by atoms with Crippen molar-refractivity contribution in [2.75, 3.05) is 0 Å². The van der Waals surface area contributed by atoms with Crippen molar-refractivity contribution < 1.29 is 4.74 Å². The summed E-state index contributed by atoms with van der Waals surface area (Å²) < 4.78 is 6.35. The summed E-state index contributed by atoms with van der Waals surface area (Å²) in [5.74, 6) is 1.45. The van der Waals surface area contributed by atoms with Crippen LogP contribution in [0.4, 0.5) is 0 Å². The maximum atomic E-state index is 6.35. The number of rotatable bonds is 4. The standard InChI is InChI=1S/C17H26ClNO/c1-11-8-12(2)10-14(9-11)20-17(13(3)19)15-6-4-5-7-16(15)18/h4-7,11-14,17H,8-10,19H2,1-3H3. The average molecular weight is 296 g/mol. The summed E-state index contributed by atoms with van der Waals surface area (Å²) in [5.41, 5.74) is 7.15. The van der Waals surface area contributed by atoms with Gasteiger partial charge in [-0.25, -0.2) is 0 Å². The van der Waals surface area contributed by atoms with Crippen molar-refractivity contribution >= 4 is 11.6 Å². The number of halogens is 1. The number of hydrogen-bond donors (Lipinski definition) is 1. The van der Waals surface area contributed by atoms with E-state index in [0.717, 1.165) is 35.3 Å². The van der Waals surface area contributed by atoms with E-state index in [-0.39, 0.29) is 12.1 Å². The molecule has 0 radical (unpaired) electrons. The quantitative estimate of drug-likeness (QED) is 0.883. The first kappa shape index (κ1) is 15.8. The van der Waals surface area contributed by atoms with Gasteiger partial charge in [0.05, 0.1) is 12.2 Å². The highest BCUT2D eigenvalue weighted by Gasteiger charge is 2.29. The van der Waals surface area contributed by atoms with Crippen LogP contribution < -0.4 is 5.73 Å². The minimum Gasteiger partial charge on any atom is -0.369 e. The van der Waals surface area contributed by atoms with Crippen molar-refractivity contribution in [3.05, 3.63) is 34.9 Å². The topological polar surface area (TPSA) is 35.2 Å². The third-order valence-corrected chi connectivity index (χ3v) is 4.51. The monoisotopic (exact) mass is 295 g/mol. The third kappa shape index (κ3) is 3.97. The van der Waals surface area contributed by atoms with Crippen LogP contribution in [0.2, 0.25) is 5.02 Å².